The van der Waals surface area contributed by atoms with Crippen LogP contribution in [-0.4, -0.2) is 37.4 Å². The van der Waals surface area contributed by atoms with Gasteiger partial charge in [0.1, 0.15) is 5.75 Å². The van der Waals surface area contributed by atoms with E-state index in [1.807, 2.05) is 30.3 Å². The molecule has 0 bridgehead atoms. The standard InChI is InChI=1S/C24H27N3O4S2/c1-24(2,3)19-5-7-20(8-6-19)31-16-22(28)27-12-10-17-4-9-21(14-18(17)15-27)33(29,30)26-23-25-11-13-32-23/h4-9,11,13-14H,10,12,15-16H2,1-3H3,(H,25,26). The molecular weight excluding hydrogens is 458 g/mol. The van der Waals surface area contributed by atoms with Crippen LogP contribution in [0.1, 0.15) is 37.5 Å². The van der Waals surface area contributed by atoms with E-state index < -0.39 is 10.0 Å². The van der Waals surface area contributed by atoms with Crippen molar-refractivity contribution < 1.29 is 17.9 Å². The SMILES string of the molecule is CC(C)(C)c1ccc(OCC(=O)N2CCc3ccc(S(=O)(=O)Nc4nccs4)cc3C2)cc1. The molecule has 1 aromatic heterocycles. The van der Waals surface area contributed by atoms with Crippen molar-refractivity contribution in [3.8, 4) is 5.75 Å². The number of carbonyl (C=O) groups is 1. The summed E-state index contributed by atoms with van der Waals surface area (Å²) in [6.07, 6.45) is 2.21. The van der Waals surface area contributed by atoms with E-state index in [9.17, 15) is 13.2 Å². The molecule has 0 unspecified atom stereocenters. The van der Waals surface area contributed by atoms with Crippen molar-refractivity contribution in [3.63, 3.8) is 0 Å². The van der Waals surface area contributed by atoms with Crippen LogP contribution in [0.25, 0.3) is 0 Å². The maximum atomic E-state index is 12.8. The third kappa shape index (κ3) is 5.54. The number of carbonyl (C=O) groups excluding carboxylic acids is 1. The summed E-state index contributed by atoms with van der Waals surface area (Å²) < 4.78 is 33.6. The van der Waals surface area contributed by atoms with E-state index in [4.69, 9.17) is 4.74 Å². The van der Waals surface area contributed by atoms with Crippen molar-refractivity contribution in [1.82, 2.24) is 9.88 Å². The predicted molar refractivity (Wildman–Crippen MR) is 129 cm³/mol. The maximum Gasteiger partial charge on any atom is 0.263 e. The van der Waals surface area contributed by atoms with Gasteiger partial charge in [0.2, 0.25) is 0 Å². The normalized spacial score (nSPS) is 14.0. The first-order chi connectivity index (χ1) is 15.6. The van der Waals surface area contributed by atoms with Crippen LogP contribution in [0, 0.1) is 0 Å². The van der Waals surface area contributed by atoms with Gasteiger partial charge in [0, 0.05) is 24.7 Å². The molecule has 1 amide bonds. The second kappa shape index (κ2) is 9.15. The summed E-state index contributed by atoms with van der Waals surface area (Å²) in [7, 11) is -3.75. The molecule has 0 fully saturated rings. The summed E-state index contributed by atoms with van der Waals surface area (Å²) in [4.78, 5) is 18.6. The molecule has 3 aromatic rings. The van der Waals surface area contributed by atoms with Gasteiger partial charge in [0.25, 0.3) is 15.9 Å². The van der Waals surface area contributed by atoms with Crippen LogP contribution in [0.2, 0.25) is 0 Å². The summed E-state index contributed by atoms with van der Waals surface area (Å²) in [5, 5.41) is 2.02. The lowest BCUT2D eigenvalue weighted by molar-refractivity contribution is -0.134. The molecule has 1 N–H and O–H groups in total. The molecule has 0 saturated heterocycles. The summed E-state index contributed by atoms with van der Waals surface area (Å²) in [6.45, 7) is 7.29. The Hall–Kier alpha value is -2.91. The Kier molecular flexibility index (Phi) is 6.45. The fraction of sp³-hybridized carbons (Fsp3) is 0.333. The zero-order valence-electron chi connectivity index (χ0n) is 18.9. The van der Waals surface area contributed by atoms with Crippen LogP contribution in [0.15, 0.2) is 58.9 Å². The highest BCUT2D eigenvalue weighted by atomic mass is 32.2. The zero-order chi connectivity index (χ0) is 23.6. The molecule has 33 heavy (non-hydrogen) atoms. The van der Waals surface area contributed by atoms with Gasteiger partial charge in [-0.2, -0.15) is 0 Å². The number of nitrogens with zero attached hydrogens (tertiary/aromatic N) is 2. The number of hydrogen-bond donors (Lipinski definition) is 1. The average Bonchev–Trinajstić information content (AvgIpc) is 3.28. The molecule has 1 aliphatic heterocycles. The van der Waals surface area contributed by atoms with Crippen LogP contribution in [0.3, 0.4) is 0 Å². The Balaban J connectivity index is 1.40. The van der Waals surface area contributed by atoms with Crippen molar-refractivity contribution in [1.29, 1.82) is 0 Å². The fourth-order valence-electron chi connectivity index (χ4n) is 3.65. The minimum absolute atomic E-state index is 0.0533. The second-order valence-electron chi connectivity index (χ2n) is 9.00. The van der Waals surface area contributed by atoms with Crippen molar-refractivity contribution in [3.05, 3.63) is 70.7 Å². The molecule has 4 rings (SSSR count). The Bertz CT molecular complexity index is 1230. The van der Waals surface area contributed by atoms with Crippen molar-refractivity contribution in [2.45, 2.75) is 44.0 Å². The first kappa shape index (κ1) is 23.3. The number of benzene rings is 2. The first-order valence-electron chi connectivity index (χ1n) is 10.7. The molecule has 0 radical (unpaired) electrons. The number of fused-ring (bicyclic) bond motifs is 1. The van der Waals surface area contributed by atoms with Gasteiger partial charge in [-0.3, -0.25) is 9.52 Å². The van der Waals surface area contributed by atoms with Gasteiger partial charge < -0.3 is 9.64 Å². The number of aromatic nitrogens is 1. The highest BCUT2D eigenvalue weighted by Gasteiger charge is 2.24. The number of ether oxygens (including phenoxy) is 1. The van der Waals surface area contributed by atoms with Crippen LogP contribution in [0.4, 0.5) is 5.13 Å². The van der Waals surface area contributed by atoms with Gasteiger partial charge in [-0.25, -0.2) is 13.4 Å². The molecule has 0 aliphatic carbocycles. The Morgan fingerprint density at radius 3 is 2.58 bits per heavy atom. The lowest BCUT2D eigenvalue weighted by atomic mass is 9.87. The van der Waals surface area contributed by atoms with Gasteiger partial charge in [-0.1, -0.05) is 39.0 Å². The highest BCUT2D eigenvalue weighted by molar-refractivity contribution is 7.93. The monoisotopic (exact) mass is 485 g/mol. The molecule has 2 heterocycles. The first-order valence-corrected chi connectivity index (χ1v) is 13.0. The van der Waals surface area contributed by atoms with E-state index >= 15 is 0 Å². The van der Waals surface area contributed by atoms with Crippen LogP contribution < -0.4 is 9.46 Å². The Morgan fingerprint density at radius 2 is 1.91 bits per heavy atom. The molecule has 0 spiro atoms. The largest absolute Gasteiger partial charge is 0.484 e. The van der Waals surface area contributed by atoms with Crippen LogP contribution in [-0.2, 0) is 33.2 Å². The van der Waals surface area contributed by atoms with Crippen molar-refractivity contribution >= 4 is 32.4 Å². The van der Waals surface area contributed by atoms with Crippen LogP contribution in [0.5, 0.6) is 5.75 Å². The van der Waals surface area contributed by atoms with E-state index in [2.05, 4.69) is 30.5 Å². The number of rotatable bonds is 6. The second-order valence-corrected chi connectivity index (χ2v) is 11.6. The van der Waals surface area contributed by atoms with Gasteiger partial charge in [0.05, 0.1) is 4.90 Å². The number of nitrogens with one attached hydrogen (secondary N) is 1. The number of thiazole rings is 1. The third-order valence-corrected chi connectivity index (χ3v) is 7.74. The fourth-order valence-corrected chi connectivity index (χ4v) is 5.49. The van der Waals surface area contributed by atoms with Crippen molar-refractivity contribution in [2.24, 2.45) is 0 Å². The van der Waals surface area contributed by atoms with Crippen molar-refractivity contribution in [2.75, 3.05) is 17.9 Å². The molecule has 2 aromatic carbocycles. The Labute approximate surface area is 198 Å². The zero-order valence-corrected chi connectivity index (χ0v) is 20.5. The van der Waals surface area contributed by atoms with Gasteiger partial charge in [-0.05, 0) is 52.8 Å². The number of sulfonamides is 1. The number of amides is 1. The summed E-state index contributed by atoms with van der Waals surface area (Å²) >= 11 is 1.21. The average molecular weight is 486 g/mol. The number of anilines is 1. The minimum Gasteiger partial charge on any atom is -0.484 e. The smallest absolute Gasteiger partial charge is 0.263 e. The van der Waals surface area contributed by atoms with Gasteiger partial charge in [0.15, 0.2) is 11.7 Å². The van der Waals surface area contributed by atoms with E-state index in [1.165, 1.54) is 16.9 Å². The molecule has 7 nitrogen and oxygen atoms in total. The van der Waals surface area contributed by atoms with E-state index in [0.717, 1.165) is 11.1 Å². The molecule has 0 saturated carbocycles. The lowest BCUT2D eigenvalue weighted by Crippen LogP contribution is -2.39. The molecule has 1 aliphatic rings. The summed E-state index contributed by atoms with van der Waals surface area (Å²) in [5.74, 6) is 0.519. The summed E-state index contributed by atoms with van der Waals surface area (Å²) in [6, 6.07) is 12.8. The van der Waals surface area contributed by atoms with Gasteiger partial charge in [-0.15, -0.1) is 11.3 Å². The quantitative estimate of drug-likeness (QED) is 0.565. The lowest BCUT2D eigenvalue weighted by Gasteiger charge is -2.29. The molecule has 0 atom stereocenters. The maximum absolute atomic E-state index is 12.8. The highest BCUT2D eigenvalue weighted by Crippen LogP contribution is 2.26. The van der Waals surface area contributed by atoms with E-state index in [0.29, 0.717) is 30.4 Å². The van der Waals surface area contributed by atoms with E-state index in [1.54, 1.807) is 28.6 Å². The Morgan fingerprint density at radius 1 is 1.15 bits per heavy atom. The molecular formula is C24H27N3O4S2. The predicted octanol–water partition coefficient (Wildman–Crippen LogP) is 4.21. The molecule has 9 heteroatoms. The summed E-state index contributed by atoms with van der Waals surface area (Å²) in [5.41, 5.74) is 3.12. The minimum atomic E-state index is -3.75. The van der Waals surface area contributed by atoms with E-state index in [-0.39, 0.29) is 22.8 Å². The van der Waals surface area contributed by atoms with Crippen LogP contribution >= 0.6 is 11.3 Å². The third-order valence-electron chi connectivity index (χ3n) is 5.59. The number of hydrogen-bond acceptors (Lipinski definition) is 6. The van der Waals surface area contributed by atoms with Gasteiger partial charge >= 0.3 is 0 Å². The molecule has 174 valence electrons. The topological polar surface area (TPSA) is 88.6 Å².